The fourth-order valence-corrected chi connectivity index (χ4v) is 2.51. The molecule has 0 bridgehead atoms. The molecule has 2 N–H and O–H groups in total. The van der Waals surface area contributed by atoms with Gasteiger partial charge in [0.1, 0.15) is 18.1 Å². The zero-order valence-corrected chi connectivity index (χ0v) is 16.4. The molecule has 0 saturated carbocycles. The summed E-state index contributed by atoms with van der Waals surface area (Å²) in [7, 11) is 0. The first-order valence-electron chi connectivity index (χ1n) is 9.05. The Morgan fingerprint density at radius 2 is 1.77 bits per heavy atom. The number of benzene rings is 2. The Balaban J connectivity index is 1.45. The van der Waals surface area contributed by atoms with E-state index in [9.17, 15) is 14.0 Å². The number of hydrogen-bond acceptors (Lipinski definition) is 6. The summed E-state index contributed by atoms with van der Waals surface area (Å²) in [6, 6.07) is 12.1. The molecule has 0 spiro atoms. The van der Waals surface area contributed by atoms with Crippen molar-refractivity contribution in [2.75, 3.05) is 6.61 Å². The molecule has 0 aliphatic carbocycles. The molecule has 8 nitrogen and oxygen atoms in total. The van der Waals surface area contributed by atoms with Crippen molar-refractivity contribution in [1.82, 2.24) is 16.0 Å². The van der Waals surface area contributed by atoms with E-state index in [4.69, 9.17) is 14.0 Å². The molecule has 0 radical (unpaired) electrons. The number of aryl methyl sites for hydroxylation is 2. The third kappa shape index (κ3) is 5.34. The topological polar surface area (TPSA) is 103 Å². The molecule has 0 saturated heterocycles. The average Bonchev–Trinajstić information content (AvgIpc) is 3.07. The van der Waals surface area contributed by atoms with Gasteiger partial charge in [-0.25, -0.2) is 4.39 Å². The number of nitrogens with one attached hydrogen (secondary N) is 2. The van der Waals surface area contributed by atoms with Crippen LogP contribution in [-0.4, -0.2) is 23.6 Å². The lowest BCUT2D eigenvalue weighted by Crippen LogP contribution is -2.43. The van der Waals surface area contributed by atoms with E-state index in [1.165, 1.54) is 18.2 Å². The van der Waals surface area contributed by atoms with Gasteiger partial charge >= 0.3 is 0 Å². The minimum atomic E-state index is -0.633. The van der Waals surface area contributed by atoms with Crippen molar-refractivity contribution >= 4 is 11.8 Å². The van der Waals surface area contributed by atoms with Gasteiger partial charge in [-0.15, -0.1) is 0 Å². The molecule has 0 unspecified atom stereocenters. The number of nitrogens with zero attached hydrogens (tertiary/aromatic N) is 1. The van der Waals surface area contributed by atoms with Crippen molar-refractivity contribution in [2.45, 2.75) is 20.5 Å². The van der Waals surface area contributed by atoms with Crippen LogP contribution in [0.1, 0.15) is 27.4 Å². The van der Waals surface area contributed by atoms with Gasteiger partial charge in [0.2, 0.25) is 0 Å². The van der Waals surface area contributed by atoms with Gasteiger partial charge in [0.25, 0.3) is 11.8 Å². The van der Waals surface area contributed by atoms with E-state index in [1.54, 1.807) is 30.3 Å². The summed E-state index contributed by atoms with van der Waals surface area (Å²) in [4.78, 5) is 23.9. The van der Waals surface area contributed by atoms with Crippen LogP contribution in [-0.2, 0) is 11.4 Å². The van der Waals surface area contributed by atoms with Crippen molar-refractivity contribution in [1.29, 1.82) is 0 Å². The predicted octanol–water partition coefficient (Wildman–Crippen LogP) is 2.85. The third-order valence-corrected chi connectivity index (χ3v) is 4.19. The zero-order valence-electron chi connectivity index (χ0n) is 16.4. The van der Waals surface area contributed by atoms with E-state index in [0.29, 0.717) is 23.7 Å². The Labute approximate surface area is 171 Å². The van der Waals surface area contributed by atoms with Gasteiger partial charge in [-0.3, -0.25) is 20.4 Å². The van der Waals surface area contributed by atoms with Crippen molar-refractivity contribution in [3.05, 3.63) is 76.9 Å². The monoisotopic (exact) mass is 413 g/mol. The van der Waals surface area contributed by atoms with E-state index in [1.807, 2.05) is 13.8 Å². The van der Waals surface area contributed by atoms with Crippen LogP contribution in [0.25, 0.3) is 0 Å². The maximum Gasteiger partial charge on any atom is 0.276 e. The third-order valence-electron chi connectivity index (χ3n) is 4.19. The van der Waals surface area contributed by atoms with E-state index >= 15 is 0 Å². The lowest BCUT2D eigenvalue weighted by molar-refractivity contribution is -0.123. The minimum absolute atomic E-state index is 0.0499. The first-order chi connectivity index (χ1) is 14.4. The summed E-state index contributed by atoms with van der Waals surface area (Å²) in [5.41, 5.74) is 6.42. The molecule has 0 fully saturated rings. The van der Waals surface area contributed by atoms with Crippen LogP contribution in [0.2, 0.25) is 0 Å². The number of aromatic nitrogens is 1. The Kier molecular flexibility index (Phi) is 6.63. The fourth-order valence-electron chi connectivity index (χ4n) is 2.51. The number of carbonyl (C=O) groups excluding carboxylic acids is 2. The van der Waals surface area contributed by atoms with Gasteiger partial charge in [-0.05, 0) is 50.2 Å². The van der Waals surface area contributed by atoms with E-state index in [2.05, 4.69) is 16.0 Å². The average molecular weight is 413 g/mol. The number of halogens is 1. The molecule has 3 aromatic rings. The van der Waals surface area contributed by atoms with Crippen LogP contribution in [0.3, 0.4) is 0 Å². The Morgan fingerprint density at radius 3 is 2.43 bits per heavy atom. The van der Waals surface area contributed by atoms with Gasteiger partial charge in [0.15, 0.2) is 18.2 Å². The smallest absolute Gasteiger partial charge is 0.276 e. The molecule has 0 aliphatic heterocycles. The predicted molar refractivity (Wildman–Crippen MR) is 104 cm³/mol. The van der Waals surface area contributed by atoms with Gasteiger partial charge in [0.05, 0.1) is 11.3 Å². The van der Waals surface area contributed by atoms with Gasteiger partial charge in [0, 0.05) is 5.56 Å². The molecule has 2 amide bonds. The molecule has 0 atom stereocenters. The SMILES string of the molecule is Cc1noc(C)c1COc1ccc(C(=O)NNC(=O)COc2ccccc2F)cc1. The standard InChI is InChI=1S/C21H20FN3O5/c1-13-17(14(2)30-25-13)11-28-16-9-7-15(8-10-16)21(27)24-23-20(26)12-29-19-6-4-3-5-18(19)22/h3-10H,11-12H2,1-2H3,(H,23,26)(H,24,27). The number of hydrogen-bond donors (Lipinski definition) is 2. The quantitative estimate of drug-likeness (QED) is 0.578. The lowest BCUT2D eigenvalue weighted by Gasteiger charge is -2.10. The first-order valence-corrected chi connectivity index (χ1v) is 9.05. The summed E-state index contributed by atoms with van der Waals surface area (Å²) in [5, 5.41) is 3.87. The van der Waals surface area contributed by atoms with Crippen LogP contribution in [0.5, 0.6) is 11.5 Å². The lowest BCUT2D eigenvalue weighted by atomic mass is 10.2. The van der Waals surface area contributed by atoms with Crippen molar-refractivity contribution in [3.63, 3.8) is 0 Å². The first kappa shape index (κ1) is 20.8. The Bertz CT molecular complexity index is 1010. The van der Waals surface area contributed by atoms with E-state index < -0.39 is 24.2 Å². The maximum atomic E-state index is 13.4. The second kappa shape index (κ2) is 9.55. The molecule has 1 aromatic heterocycles. The number of carbonyl (C=O) groups is 2. The van der Waals surface area contributed by atoms with Crippen LogP contribution in [0.15, 0.2) is 53.1 Å². The molecule has 0 aliphatic rings. The minimum Gasteiger partial charge on any atom is -0.489 e. The molecular formula is C21H20FN3O5. The number of ether oxygens (including phenoxy) is 2. The second-order valence-electron chi connectivity index (χ2n) is 6.34. The van der Waals surface area contributed by atoms with Gasteiger partial charge in [-0.2, -0.15) is 0 Å². The summed E-state index contributed by atoms with van der Waals surface area (Å²) in [6.07, 6.45) is 0. The van der Waals surface area contributed by atoms with Crippen LogP contribution >= 0.6 is 0 Å². The second-order valence-corrected chi connectivity index (χ2v) is 6.34. The van der Waals surface area contributed by atoms with Gasteiger partial charge < -0.3 is 14.0 Å². The molecule has 30 heavy (non-hydrogen) atoms. The fraction of sp³-hybridized carbons (Fsp3) is 0.190. The number of amides is 2. The highest BCUT2D eigenvalue weighted by atomic mass is 19.1. The normalized spacial score (nSPS) is 10.4. The number of rotatable bonds is 7. The van der Waals surface area contributed by atoms with Crippen LogP contribution < -0.4 is 20.3 Å². The highest BCUT2D eigenvalue weighted by molar-refractivity contribution is 5.95. The van der Waals surface area contributed by atoms with Crippen molar-refractivity contribution in [2.24, 2.45) is 0 Å². The molecule has 9 heteroatoms. The summed E-state index contributed by atoms with van der Waals surface area (Å²) in [5.74, 6) is -0.526. The van der Waals surface area contributed by atoms with Crippen molar-refractivity contribution < 1.29 is 28.0 Å². The summed E-state index contributed by atoms with van der Waals surface area (Å²) >= 11 is 0. The van der Waals surface area contributed by atoms with Crippen molar-refractivity contribution in [3.8, 4) is 11.5 Å². The zero-order chi connectivity index (χ0) is 21.5. The summed E-state index contributed by atoms with van der Waals surface area (Å²) in [6.45, 7) is 3.49. The largest absolute Gasteiger partial charge is 0.489 e. The highest BCUT2D eigenvalue weighted by Crippen LogP contribution is 2.18. The molecule has 156 valence electrons. The summed E-state index contributed by atoms with van der Waals surface area (Å²) < 4.78 is 29.3. The van der Waals surface area contributed by atoms with Crippen LogP contribution in [0, 0.1) is 19.7 Å². The van der Waals surface area contributed by atoms with Gasteiger partial charge in [-0.1, -0.05) is 17.3 Å². The molecule has 1 heterocycles. The van der Waals surface area contributed by atoms with E-state index in [-0.39, 0.29) is 5.75 Å². The highest BCUT2D eigenvalue weighted by Gasteiger charge is 2.11. The maximum absolute atomic E-state index is 13.4. The van der Waals surface area contributed by atoms with E-state index in [0.717, 1.165) is 11.3 Å². The number of para-hydroxylation sites is 1. The Morgan fingerprint density at radius 1 is 1.03 bits per heavy atom. The molecule has 2 aromatic carbocycles. The number of hydrazine groups is 1. The van der Waals surface area contributed by atoms with Crippen LogP contribution in [0.4, 0.5) is 4.39 Å². The Hall–Kier alpha value is -3.88. The molecular weight excluding hydrogens is 393 g/mol. The molecule has 3 rings (SSSR count).